The number of hydrogen-bond acceptors (Lipinski definition) is 4. The van der Waals surface area contributed by atoms with Crippen LogP contribution in [0.1, 0.15) is 38.7 Å². The molecule has 0 saturated carbocycles. The molecule has 4 nitrogen and oxygen atoms in total. The lowest BCUT2D eigenvalue weighted by atomic mass is 9.83. The number of benzene rings is 2. The lowest BCUT2D eigenvalue weighted by Crippen LogP contribution is -2.34. The first-order valence-electron chi connectivity index (χ1n) is 10.0. The molecular weight excluding hydrogens is 372 g/mol. The van der Waals surface area contributed by atoms with Gasteiger partial charge in [-0.2, -0.15) is 0 Å². The largest absolute Gasteiger partial charge is 0.493 e. The number of para-hydroxylation sites is 1. The maximum Gasteiger partial charge on any atom is 0.153 e. The predicted molar refractivity (Wildman–Crippen MR) is 114 cm³/mol. The summed E-state index contributed by atoms with van der Waals surface area (Å²) >= 11 is 0. The molecule has 0 aromatic heterocycles. The Morgan fingerprint density at radius 3 is 2.50 bits per heavy atom. The monoisotopic (exact) mass is 402 g/mol. The molecule has 0 unspecified atom stereocenters. The van der Waals surface area contributed by atoms with Crippen molar-refractivity contribution in [1.29, 1.82) is 0 Å². The third-order valence-corrected chi connectivity index (χ3v) is 7.80. The average Bonchev–Trinajstić information content (AvgIpc) is 2.69. The second kappa shape index (κ2) is 9.10. The number of rotatable bonds is 7. The van der Waals surface area contributed by atoms with Crippen LogP contribution in [-0.2, 0) is 14.6 Å². The molecule has 1 aliphatic heterocycles. The Kier molecular flexibility index (Phi) is 6.78. The Balaban J connectivity index is 1.83. The molecule has 1 heterocycles. The quantitative estimate of drug-likeness (QED) is 0.674. The summed E-state index contributed by atoms with van der Waals surface area (Å²) in [5, 5.41) is -0.354. The highest BCUT2D eigenvalue weighted by Crippen LogP contribution is 2.36. The molecule has 2 aromatic carbocycles. The van der Waals surface area contributed by atoms with Crippen molar-refractivity contribution >= 4 is 9.84 Å². The summed E-state index contributed by atoms with van der Waals surface area (Å²) < 4.78 is 36.3. The Morgan fingerprint density at radius 2 is 1.82 bits per heavy atom. The van der Waals surface area contributed by atoms with E-state index in [2.05, 4.69) is 30.3 Å². The van der Waals surface area contributed by atoms with Gasteiger partial charge in [0.25, 0.3) is 0 Å². The van der Waals surface area contributed by atoms with Gasteiger partial charge < -0.3 is 9.47 Å². The van der Waals surface area contributed by atoms with Gasteiger partial charge in [-0.05, 0) is 50.3 Å². The molecule has 2 aromatic rings. The van der Waals surface area contributed by atoms with Gasteiger partial charge in [-0.1, -0.05) is 42.5 Å². The zero-order chi connectivity index (χ0) is 20.1. The van der Waals surface area contributed by atoms with Crippen molar-refractivity contribution in [2.75, 3.05) is 25.6 Å². The van der Waals surface area contributed by atoms with Crippen molar-refractivity contribution in [3.63, 3.8) is 0 Å². The summed E-state index contributed by atoms with van der Waals surface area (Å²) in [5.41, 5.74) is 3.36. The molecule has 1 aliphatic rings. The first kappa shape index (κ1) is 20.9. The Bertz CT molecular complexity index is 872. The molecule has 0 aliphatic carbocycles. The van der Waals surface area contributed by atoms with Crippen LogP contribution < -0.4 is 4.74 Å². The second-order valence-electron chi connectivity index (χ2n) is 7.66. The van der Waals surface area contributed by atoms with Crippen LogP contribution in [0.3, 0.4) is 0 Å². The third kappa shape index (κ3) is 4.76. The highest BCUT2D eigenvalue weighted by molar-refractivity contribution is 7.91. The lowest BCUT2D eigenvalue weighted by molar-refractivity contribution is 0.0483. The van der Waals surface area contributed by atoms with Gasteiger partial charge in [-0.15, -0.1) is 0 Å². The third-order valence-electron chi connectivity index (χ3n) is 5.48. The van der Waals surface area contributed by atoms with Crippen LogP contribution in [0.2, 0.25) is 0 Å². The van der Waals surface area contributed by atoms with Crippen molar-refractivity contribution in [2.24, 2.45) is 5.92 Å². The Labute approximate surface area is 168 Å². The minimum absolute atomic E-state index is 0.00251. The zero-order valence-corrected chi connectivity index (χ0v) is 17.7. The minimum Gasteiger partial charge on any atom is -0.493 e. The van der Waals surface area contributed by atoms with Crippen LogP contribution in [0.15, 0.2) is 48.5 Å². The second-order valence-corrected chi connectivity index (χ2v) is 10.3. The summed E-state index contributed by atoms with van der Waals surface area (Å²) in [6.45, 7) is 7.29. The number of ether oxygens (including phenoxy) is 2. The lowest BCUT2D eigenvalue weighted by Gasteiger charge is -2.32. The van der Waals surface area contributed by atoms with E-state index in [0.717, 1.165) is 23.3 Å². The average molecular weight is 403 g/mol. The molecule has 0 bridgehead atoms. The smallest absolute Gasteiger partial charge is 0.153 e. The molecular formula is C23H30O4S. The van der Waals surface area contributed by atoms with E-state index >= 15 is 0 Å². The highest BCUT2D eigenvalue weighted by atomic mass is 32.2. The van der Waals surface area contributed by atoms with Crippen LogP contribution in [0.5, 0.6) is 5.75 Å². The Hall–Kier alpha value is -1.85. The van der Waals surface area contributed by atoms with Gasteiger partial charge >= 0.3 is 0 Å². The Morgan fingerprint density at radius 1 is 1.11 bits per heavy atom. The van der Waals surface area contributed by atoms with Crippen molar-refractivity contribution in [2.45, 2.75) is 38.4 Å². The van der Waals surface area contributed by atoms with E-state index in [1.54, 1.807) is 13.8 Å². The number of hydrogen-bond donors (Lipinski definition) is 0. The predicted octanol–water partition coefficient (Wildman–Crippen LogP) is 4.70. The van der Waals surface area contributed by atoms with E-state index in [4.69, 9.17) is 9.47 Å². The van der Waals surface area contributed by atoms with Crippen molar-refractivity contribution in [1.82, 2.24) is 0 Å². The van der Waals surface area contributed by atoms with Crippen LogP contribution >= 0.6 is 0 Å². The first-order valence-corrected chi connectivity index (χ1v) is 11.8. The van der Waals surface area contributed by atoms with Crippen LogP contribution in [0.25, 0.3) is 11.1 Å². The van der Waals surface area contributed by atoms with Gasteiger partial charge in [-0.25, -0.2) is 8.42 Å². The normalized spacial score (nSPS) is 20.3. The molecule has 0 amide bonds. The summed E-state index contributed by atoms with van der Waals surface area (Å²) in [5.74, 6) is 1.27. The fraction of sp³-hybridized carbons (Fsp3) is 0.478. The van der Waals surface area contributed by atoms with E-state index in [-0.39, 0.29) is 22.8 Å². The molecule has 0 spiro atoms. The van der Waals surface area contributed by atoms with Crippen LogP contribution in [0.4, 0.5) is 0 Å². The van der Waals surface area contributed by atoms with Gasteiger partial charge in [0.1, 0.15) is 5.75 Å². The summed E-state index contributed by atoms with van der Waals surface area (Å²) in [4.78, 5) is 0. The molecule has 0 N–H and O–H groups in total. The molecule has 2 atom stereocenters. The van der Waals surface area contributed by atoms with Crippen molar-refractivity contribution in [3.8, 4) is 16.9 Å². The van der Waals surface area contributed by atoms with Gasteiger partial charge in [0, 0.05) is 18.1 Å². The molecule has 28 heavy (non-hydrogen) atoms. The molecule has 1 saturated heterocycles. The van der Waals surface area contributed by atoms with Gasteiger partial charge in [0.15, 0.2) is 9.84 Å². The molecule has 152 valence electrons. The van der Waals surface area contributed by atoms with Gasteiger partial charge in [0.2, 0.25) is 0 Å². The van der Waals surface area contributed by atoms with Crippen LogP contribution in [0, 0.1) is 5.92 Å². The minimum atomic E-state index is -3.10. The van der Waals surface area contributed by atoms with E-state index in [9.17, 15) is 8.42 Å². The maximum atomic E-state index is 12.4. The summed E-state index contributed by atoms with van der Waals surface area (Å²) in [6.07, 6.45) is 0.854. The van der Waals surface area contributed by atoms with Crippen LogP contribution in [-0.4, -0.2) is 39.2 Å². The molecule has 3 rings (SSSR count). The SMILES string of the molecule is CCOc1ccccc1-c1ccc([C@H]2CCOC[C@@H]2CS(=O)(=O)C(C)C)cc1. The van der Waals surface area contributed by atoms with E-state index in [1.165, 1.54) is 5.56 Å². The summed E-state index contributed by atoms with van der Waals surface area (Å²) in [7, 11) is -3.10. The molecule has 0 radical (unpaired) electrons. The first-order chi connectivity index (χ1) is 13.4. The molecule has 1 fully saturated rings. The van der Waals surface area contributed by atoms with E-state index in [0.29, 0.717) is 19.8 Å². The fourth-order valence-corrected chi connectivity index (χ4v) is 5.10. The zero-order valence-electron chi connectivity index (χ0n) is 16.9. The summed E-state index contributed by atoms with van der Waals surface area (Å²) in [6, 6.07) is 16.5. The van der Waals surface area contributed by atoms with Crippen molar-refractivity contribution in [3.05, 3.63) is 54.1 Å². The molecule has 5 heteroatoms. The van der Waals surface area contributed by atoms with Gasteiger partial charge in [0.05, 0.1) is 24.2 Å². The fourth-order valence-electron chi connectivity index (χ4n) is 3.79. The standard InChI is InChI=1S/C23H30O4S/c1-4-27-23-8-6-5-7-22(23)19-11-9-18(10-12-19)21-13-14-26-15-20(21)16-28(24,25)17(2)3/h5-12,17,20-21H,4,13-16H2,1-3H3/t20-,21-/m1/s1. The van der Waals surface area contributed by atoms with Crippen molar-refractivity contribution < 1.29 is 17.9 Å². The maximum absolute atomic E-state index is 12.4. The topological polar surface area (TPSA) is 52.6 Å². The van der Waals surface area contributed by atoms with E-state index in [1.807, 2.05) is 25.1 Å². The number of sulfone groups is 1. The highest BCUT2D eigenvalue weighted by Gasteiger charge is 2.32. The van der Waals surface area contributed by atoms with Gasteiger partial charge in [-0.3, -0.25) is 0 Å². The van der Waals surface area contributed by atoms with E-state index < -0.39 is 9.84 Å².